The number of rotatable bonds is 8. The maximum atomic E-state index is 11.8. The van der Waals surface area contributed by atoms with Crippen LogP contribution in [0.15, 0.2) is 0 Å². The fourth-order valence-corrected chi connectivity index (χ4v) is 2.76. The van der Waals surface area contributed by atoms with Gasteiger partial charge < -0.3 is 5.11 Å². The molecule has 0 aromatic heterocycles. The summed E-state index contributed by atoms with van der Waals surface area (Å²) in [5.41, 5.74) is 0. The van der Waals surface area contributed by atoms with Gasteiger partial charge in [0.2, 0.25) is 0 Å². The Labute approximate surface area is 99.0 Å². The largest absolute Gasteiger partial charge is 0.396 e. The molecule has 6 heteroatoms. The van der Waals surface area contributed by atoms with Crippen LogP contribution < -0.4 is 4.72 Å². The Hall–Kier alpha value is -0.170. The van der Waals surface area contributed by atoms with Gasteiger partial charge in [-0.25, -0.2) is 0 Å². The van der Waals surface area contributed by atoms with Gasteiger partial charge in [0, 0.05) is 26.2 Å². The SMILES string of the molecule is CCC(NS(=O)(=O)N(C)CCCO)C(C)C. The molecule has 0 aromatic carbocycles. The highest BCUT2D eigenvalue weighted by Gasteiger charge is 2.22. The predicted molar refractivity (Wildman–Crippen MR) is 65.3 cm³/mol. The normalized spacial score (nSPS) is 14.7. The second-order valence-electron chi connectivity index (χ2n) is 4.28. The quantitative estimate of drug-likeness (QED) is 0.663. The molecule has 0 rings (SSSR count). The molecule has 98 valence electrons. The first kappa shape index (κ1) is 15.8. The van der Waals surface area contributed by atoms with Crippen LogP contribution in [0.25, 0.3) is 0 Å². The molecular formula is C10H24N2O3S. The summed E-state index contributed by atoms with van der Waals surface area (Å²) in [7, 11) is -1.90. The fourth-order valence-electron chi connectivity index (χ4n) is 1.39. The van der Waals surface area contributed by atoms with Crippen LogP contribution in [0, 0.1) is 5.92 Å². The van der Waals surface area contributed by atoms with Crippen molar-refractivity contribution in [2.45, 2.75) is 39.7 Å². The Morgan fingerprint density at radius 1 is 1.38 bits per heavy atom. The summed E-state index contributed by atoms with van der Waals surface area (Å²) >= 11 is 0. The van der Waals surface area contributed by atoms with E-state index in [2.05, 4.69) is 4.72 Å². The van der Waals surface area contributed by atoms with E-state index in [1.807, 2.05) is 20.8 Å². The lowest BCUT2D eigenvalue weighted by Gasteiger charge is -2.24. The Morgan fingerprint density at radius 2 is 1.94 bits per heavy atom. The first-order valence-electron chi connectivity index (χ1n) is 5.69. The van der Waals surface area contributed by atoms with E-state index in [1.165, 1.54) is 11.4 Å². The average Bonchev–Trinajstić information content (AvgIpc) is 2.21. The van der Waals surface area contributed by atoms with Crippen molar-refractivity contribution in [1.29, 1.82) is 0 Å². The molecule has 0 saturated carbocycles. The number of hydrogen-bond acceptors (Lipinski definition) is 3. The zero-order valence-corrected chi connectivity index (χ0v) is 11.4. The summed E-state index contributed by atoms with van der Waals surface area (Å²) < 4.78 is 27.6. The molecule has 16 heavy (non-hydrogen) atoms. The molecule has 0 fully saturated rings. The Kier molecular flexibility index (Phi) is 7.14. The molecule has 2 N–H and O–H groups in total. The zero-order valence-electron chi connectivity index (χ0n) is 10.6. The minimum Gasteiger partial charge on any atom is -0.396 e. The molecule has 0 radical (unpaired) electrons. The highest BCUT2D eigenvalue weighted by atomic mass is 32.2. The van der Waals surface area contributed by atoms with E-state index in [4.69, 9.17) is 5.11 Å². The second-order valence-corrected chi connectivity index (χ2v) is 6.09. The fraction of sp³-hybridized carbons (Fsp3) is 1.00. The third-order valence-electron chi connectivity index (χ3n) is 2.59. The van der Waals surface area contributed by atoms with E-state index in [0.717, 1.165) is 6.42 Å². The third kappa shape index (κ3) is 5.25. The van der Waals surface area contributed by atoms with Gasteiger partial charge in [0.05, 0.1) is 0 Å². The van der Waals surface area contributed by atoms with Crippen molar-refractivity contribution in [3.63, 3.8) is 0 Å². The van der Waals surface area contributed by atoms with Crippen LogP contribution in [-0.2, 0) is 10.2 Å². The van der Waals surface area contributed by atoms with E-state index in [-0.39, 0.29) is 18.6 Å². The minimum absolute atomic E-state index is 0.00124. The highest BCUT2D eigenvalue weighted by molar-refractivity contribution is 7.87. The standard InChI is InChI=1S/C10H24N2O3S/c1-5-10(9(2)3)11-16(14,15)12(4)7-6-8-13/h9-11,13H,5-8H2,1-4H3. The minimum atomic E-state index is -3.42. The zero-order chi connectivity index (χ0) is 12.8. The van der Waals surface area contributed by atoms with E-state index in [9.17, 15) is 8.42 Å². The number of aliphatic hydroxyl groups is 1. The van der Waals surface area contributed by atoms with Gasteiger partial charge in [0.25, 0.3) is 10.2 Å². The number of aliphatic hydroxyl groups excluding tert-OH is 1. The molecule has 0 amide bonds. The van der Waals surface area contributed by atoms with E-state index in [1.54, 1.807) is 0 Å². The smallest absolute Gasteiger partial charge is 0.279 e. The van der Waals surface area contributed by atoms with Gasteiger partial charge >= 0.3 is 0 Å². The Morgan fingerprint density at radius 3 is 2.31 bits per heavy atom. The maximum absolute atomic E-state index is 11.8. The Bertz CT molecular complexity index is 278. The average molecular weight is 252 g/mol. The molecule has 0 aliphatic carbocycles. The molecular weight excluding hydrogens is 228 g/mol. The lowest BCUT2D eigenvalue weighted by atomic mass is 10.0. The van der Waals surface area contributed by atoms with Crippen molar-refractivity contribution in [3.8, 4) is 0 Å². The van der Waals surface area contributed by atoms with Crippen LogP contribution in [0.4, 0.5) is 0 Å². The summed E-state index contributed by atoms with van der Waals surface area (Å²) in [5, 5.41) is 8.66. The van der Waals surface area contributed by atoms with Crippen molar-refractivity contribution < 1.29 is 13.5 Å². The van der Waals surface area contributed by atoms with Gasteiger partial charge in [-0.1, -0.05) is 20.8 Å². The Balaban J connectivity index is 4.42. The van der Waals surface area contributed by atoms with Crippen molar-refractivity contribution >= 4 is 10.2 Å². The summed E-state index contributed by atoms with van der Waals surface area (Å²) in [5.74, 6) is 0.269. The third-order valence-corrected chi connectivity index (χ3v) is 4.19. The van der Waals surface area contributed by atoms with Crippen molar-refractivity contribution in [2.75, 3.05) is 20.2 Å². The molecule has 0 heterocycles. The summed E-state index contributed by atoms with van der Waals surface area (Å²) in [6.07, 6.45) is 1.22. The van der Waals surface area contributed by atoms with E-state index < -0.39 is 10.2 Å². The predicted octanol–water partition coefficient (Wildman–Crippen LogP) is 0.570. The van der Waals surface area contributed by atoms with Gasteiger partial charge in [-0.2, -0.15) is 17.4 Å². The van der Waals surface area contributed by atoms with Crippen LogP contribution in [0.3, 0.4) is 0 Å². The summed E-state index contributed by atoms with van der Waals surface area (Å²) in [6, 6.07) is -0.0402. The first-order chi connectivity index (χ1) is 7.35. The van der Waals surface area contributed by atoms with Gasteiger partial charge in [-0.15, -0.1) is 0 Å². The maximum Gasteiger partial charge on any atom is 0.279 e. The molecule has 0 aliphatic rings. The monoisotopic (exact) mass is 252 g/mol. The molecule has 1 unspecified atom stereocenters. The number of nitrogens with one attached hydrogen (secondary N) is 1. The number of nitrogens with zero attached hydrogens (tertiary/aromatic N) is 1. The lowest BCUT2D eigenvalue weighted by Crippen LogP contribution is -2.45. The summed E-state index contributed by atoms with van der Waals surface area (Å²) in [4.78, 5) is 0. The molecule has 0 spiro atoms. The highest BCUT2D eigenvalue weighted by Crippen LogP contribution is 2.08. The van der Waals surface area contributed by atoms with Crippen LogP contribution in [-0.4, -0.2) is 44.1 Å². The van der Waals surface area contributed by atoms with Crippen LogP contribution in [0.5, 0.6) is 0 Å². The van der Waals surface area contributed by atoms with E-state index >= 15 is 0 Å². The van der Waals surface area contributed by atoms with Crippen molar-refractivity contribution in [2.24, 2.45) is 5.92 Å². The van der Waals surface area contributed by atoms with Crippen LogP contribution in [0.2, 0.25) is 0 Å². The topological polar surface area (TPSA) is 69.6 Å². The van der Waals surface area contributed by atoms with E-state index in [0.29, 0.717) is 13.0 Å². The lowest BCUT2D eigenvalue weighted by molar-refractivity contribution is 0.274. The molecule has 0 aromatic rings. The molecule has 0 saturated heterocycles. The van der Waals surface area contributed by atoms with Gasteiger partial charge in [0.1, 0.15) is 0 Å². The first-order valence-corrected chi connectivity index (χ1v) is 7.13. The van der Waals surface area contributed by atoms with Crippen LogP contribution >= 0.6 is 0 Å². The second kappa shape index (κ2) is 7.21. The summed E-state index contributed by atoms with van der Waals surface area (Å²) in [6.45, 7) is 6.28. The molecule has 0 aliphatic heterocycles. The van der Waals surface area contributed by atoms with Crippen molar-refractivity contribution in [3.05, 3.63) is 0 Å². The number of hydrogen-bond donors (Lipinski definition) is 2. The van der Waals surface area contributed by atoms with Gasteiger partial charge in [-0.05, 0) is 18.8 Å². The molecule has 5 nitrogen and oxygen atoms in total. The van der Waals surface area contributed by atoms with Crippen LogP contribution in [0.1, 0.15) is 33.6 Å². The van der Waals surface area contributed by atoms with Crippen molar-refractivity contribution in [1.82, 2.24) is 9.03 Å². The van der Waals surface area contributed by atoms with Gasteiger partial charge in [-0.3, -0.25) is 0 Å². The van der Waals surface area contributed by atoms with Gasteiger partial charge in [0.15, 0.2) is 0 Å². The molecule has 0 bridgehead atoms. The molecule has 1 atom stereocenters.